The minimum Gasteiger partial charge on any atom is -0.477 e. The van der Waals surface area contributed by atoms with Crippen molar-refractivity contribution in [2.75, 3.05) is 26.7 Å². The Morgan fingerprint density at radius 2 is 2.04 bits per heavy atom. The minimum absolute atomic E-state index is 0.0738. The van der Waals surface area contributed by atoms with E-state index in [-0.39, 0.29) is 5.91 Å². The molecule has 2 aliphatic heterocycles. The summed E-state index contributed by atoms with van der Waals surface area (Å²) in [5.74, 6) is 0.952. The molecule has 5 nitrogen and oxygen atoms in total. The van der Waals surface area contributed by atoms with Crippen LogP contribution >= 0.6 is 0 Å². The summed E-state index contributed by atoms with van der Waals surface area (Å²) in [6.07, 6.45) is 6.30. The molecule has 1 aromatic heterocycles. The molecule has 0 spiro atoms. The van der Waals surface area contributed by atoms with Gasteiger partial charge in [0.1, 0.15) is 5.56 Å². The van der Waals surface area contributed by atoms with Crippen LogP contribution in [-0.4, -0.2) is 59.5 Å². The molecule has 0 aromatic carbocycles. The van der Waals surface area contributed by atoms with Crippen molar-refractivity contribution >= 4 is 5.91 Å². The molecule has 3 rings (SSSR count). The monoisotopic (exact) mass is 331 g/mol. The highest BCUT2D eigenvalue weighted by molar-refractivity contribution is 5.96. The van der Waals surface area contributed by atoms with E-state index in [0.29, 0.717) is 36.1 Å². The van der Waals surface area contributed by atoms with Gasteiger partial charge in [-0.05, 0) is 57.3 Å². The number of carbonyl (C=O) groups is 1. The zero-order chi connectivity index (χ0) is 17.1. The Morgan fingerprint density at radius 3 is 2.75 bits per heavy atom. The van der Waals surface area contributed by atoms with Gasteiger partial charge in [-0.25, -0.2) is 4.98 Å². The smallest absolute Gasteiger partial charge is 0.259 e. The third kappa shape index (κ3) is 3.56. The molecule has 3 heterocycles. The molecule has 2 saturated heterocycles. The second kappa shape index (κ2) is 7.51. The first-order chi connectivity index (χ1) is 11.6. The lowest BCUT2D eigenvalue weighted by atomic mass is 10.0. The Hall–Kier alpha value is -1.62. The van der Waals surface area contributed by atoms with Gasteiger partial charge >= 0.3 is 0 Å². The standard InChI is InChI=1S/C19H29N3O2/c1-14(2)13-24-18-15(7-4-10-20-18)19(23)22-12-6-9-17(22)16-8-5-11-21(16)3/h4,7,10,14,16-17H,5-6,8-9,11-13H2,1-3H3/t16-,17-/m0/s1. The van der Waals surface area contributed by atoms with Gasteiger partial charge in [0.25, 0.3) is 5.91 Å². The van der Waals surface area contributed by atoms with Crippen molar-refractivity contribution in [2.45, 2.75) is 51.6 Å². The zero-order valence-corrected chi connectivity index (χ0v) is 15.1. The van der Waals surface area contributed by atoms with Gasteiger partial charge in [-0.2, -0.15) is 0 Å². The van der Waals surface area contributed by atoms with Crippen LogP contribution in [0.1, 0.15) is 49.9 Å². The van der Waals surface area contributed by atoms with Crippen molar-refractivity contribution in [3.05, 3.63) is 23.9 Å². The van der Waals surface area contributed by atoms with Crippen molar-refractivity contribution in [3.8, 4) is 5.88 Å². The molecule has 0 bridgehead atoms. The summed E-state index contributed by atoms with van der Waals surface area (Å²) < 4.78 is 5.79. The molecule has 132 valence electrons. The van der Waals surface area contributed by atoms with E-state index in [1.165, 1.54) is 12.8 Å². The van der Waals surface area contributed by atoms with Crippen molar-refractivity contribution in [3.63, 3.8) is 0 Å². The number of likely N-dealkylation sites (tertiary alicyclic amines) is 2. The molecule has 0 radical (unpaired) electrons. The van der Waals surface area contributed by atoms with Crippen LogP contribution in [0, 0.1) is 5.92 Å². The van der Waals surface area contributed by atoms with Crippen LogP contribution in [0.15, 0.2) is 18.3 Å². The first kappa shape index (κ1) is 17.2. The fourth-order valence-electron chi connectivity index (χ4n) is 3.94. The third-order valence-electron chi connectivity index (χ3n) is 5.14. The van der Waals surface area contributed by atoms with Gasteiger partial charge < -0.3 is 14.5 Å². The van der Waals surface area contributed by atoms with E-state index in [1.54, 1.807) is 6.20 Å². The number of amides is 1. The van der Waals surface area contributed by atoms with Crippen LogP contribution in [0.2, 0.25) is 0 Å². The van der Waals surface area contributed by atoms with Crippen LogP contribution in [0.3, 0.4) is 0 Å². The second-order valence-electron chi connectivity index (χ2n) is 7.46. The molecule has 1 aromatic rings. The predicted molar refractivity (Wildman–Crippen MR) is 94.3 cm³/mol. The molecule has 0 unspecified atom stereocenters. The summed E-state index contributed by atoms with van der Waals surface area (Å²) in [4.78, 5) is 21.9. The van der Waals surface area contributed by atoms with Crippen molar-refractivity contribution in [1.29, 1.82) is 0 Å². The summed E-state index contributed by atoms with van der Waals surface area (Å²) in [6.45, 7) is 6.74. The van der Waals surface area contributed by atoms with E-state index < -0.39 is 0 Å². The van der Waals surface area contributed by atoms with E-state index in [4.69, 9.17) is 4.74 Å². The molecule has 2 fully saturated rings. The lowest BCUT2D eigenvalue weighted by molar-refractivity contribution is 0.0658. The normalized spacial score (nSPS) is 24.8. The highest BCUT2D eigenvalue weighted by atomic mass is 16.5. The summed E-state index contributed by atoms with van der Waals surface area (Å²) in [5, 5.41) is 0. The van der Waals surface area contributed by atoms with Crippen LogP contribution in [-0.2, 0) is 0 Å². The molecule has 1 amide bonds. The lowest BCUT2D eigenvalue weighted by Crippen LogP contribution is -2.47. The van der Waals surface area contributed by atoms with Gasteiger partial charge in [0.15, 0.2) is 0 Å². The Kier molecular flexibility index (Phi) is 5.39. The van der Waals surface area contributed by atoms with Crippen LogP contribution in [0.4, 0.5) is 0 Å². The number of rotatable bonds is 5. The van der Waals surface area contributed by atoms with Gasteiger partial charge in [0, 0.05) is 24.8 Å². The first-order valence-electron chi connectivity index (χ1n) is 9.17. The number of pyridine rings is 1. The van der Waals surface area contributed by atoms with E-state index in [9.17, 15) is 4.79 Å². The average molecular weight is 331 g/mol. The number of carbonyl (C=O) groups excluding carboxylic acids is 1. The Bertz CT molecular complexity index is 575. The summed E-state index contributed by atoms with van der Waals surface area (Å²) in [7, 11) is 2.18. The highest BCUT2D eigenvalue weighted by Gasteiger charge is 2.39. The largest absolute Gasteiger partial charge is 0.477 e. The molecule has 0 saturated carbocycles. The van der Waals surface area contributed by atoms with Crippen LogP contribution < -0.4 is 4.74 Å². The van der Waals surface area contributed by atoms with Crippen LogP contribution in [0.5, 0.6) is 5.88 Å². The molecular formula is C19H29N3O2. The number of aromatic nitrogens is 1. The highest BCUT2D eigenvalue weighted by Crippen LogP contribution is 2.31. The van der Waals surface area contributed by atoms with Gasteiger partial charge in [-0.15, -0.1) is 0 Å². The Balaban J connectivity index is 1.78. The quantitative estimate of drug-likeness (QED) is 0.832. The SMILES string of the molecule is CC(C)COc1ncccc1C(=O)N1CCC[C@H]1[C@@H]1CCCN1C. The number of hydrogen-bond donors (Lipinski definition) is 0. The second-order valence-corrected chi connectivity index (χ2v) is 7.46. The van der Waals surface area contributed by atoms with Gasteiger partial charge in [0.05, 0.1) is 6.61 Å². The molecular weight excluding hydrogens is 302 g/mol. The first-order valence-corrected chi connectivity index (χ1v) is 9.17. The zero-order valence-electron chi connectivity index (χ0n) is 15.1. The molecule has 0 aliphatic carbocycles. The fourth-order valence-corrected chi connectivity index (χ4v) is 3.94. The van der Waals surface area contributed by atoms with Gasteiger partial charge in [-0.3, -0.25) is 4.79 Å². The Labute approximate surface area is 145 Å². The van der Waals surface area contributed by atoms with Gasteiger partial charge in [-0.1, -0.05) is 13.8 Å². The molecule has 2 aliphatic rings. The summed E-state index contributed by atoms with van der Waals surface area (Å²) in [6, 6.07) is 4.48. The lowest BCUT2D eigenvalue weighted by Gasteiger charge is -2.33. The number of hydrogen-bond acceptors (Lipinski definition) is 4. The number of ether oxygens (including phenoxy) is 1. The molecule has 24 heavy (non-hydrogen) atoms. The maximum atomic E-state index is 13.2. The van der Waals surface area contributed by atoms with E-state index in [0.717, 1.165) is 25.9 Å². The molecule has 2 atom stereocenters. The topological polar surface area (TPSA) is 45.7 Å². The summed E-state index contributed by atoms with van der Waals surface area (Å²) >= 11 is 0. The molecule has 5 heteroatoms. The minimum atomic E-state index is 0.0738. The van der Waals surface area contributed by atoms with Crippen molar-refractivity contribution in [1.82, 2.24) is 14.8 Å². The summed E-state index contributed by atoms with van der Waals surface area (Å²) in [5.41, 5.74) is 0.602. The average Bonchev–Trinajstić information content (AvgIpc) is 3.20. The predicted octanol–water partition coefficient (Wildman–Crippen LogP) is 2.82. The third-order valence-corrected chi connectivity index (χ3v) is 5.14. The maximum Gasteiger partial charge on any atom is 0.259 e. The molecule has 0 N–H and O–H groups in total. The van der Waals surface area contributed by atoms with Gasteiger partial charge in [0.2, 0.25) is 5.88 Å². The van der Waals surface area contributed by atoms with Crippen molar-refractivity contribution < 1.29 is 9.53 Å². The Morgan fingerprint density at radius 1 is 1.29 bits per heavy atom. The number of nitrogens with zero attached hydrogens (tertiary/aromatic N) is 3. The fraction of sp³-hybridized carbons (Fsp3) is 0.684. The van der Waals surface area contributed by atoms with E-state index in [2.05, 4.69) is 35.7 Å². The maximum absolute atomic E-state index is 13.2. The van der Waals surface area contributed by atoms with Crippen molar-refractivity contribution in [2.24, 2.45) is 5.92 Å². The number of likely N-dealkylation sites (N-methyl/N-ethyl adjacent to an activating group) is 1. The van der Waals surface area contributed by atoms with E-state index >= 15 is 0 Å². The van der Waals surface area contributed by atoms with Crippen LogP contribution in [0.25, 0.3) is 0 Å². The van der Waals surface area contributed by atoms with E-state index in [1.807, 2.05) is 12.1 Å².